The molecule has 21 heavy (non-hydrogen) atoms. The molecule has 1 aromatic rings. The van der Waals surface area contributed by atoms with Crippen molar-refractivity contribution in [3.8, 4) is 0 Å². The van der Waals surface area contributed by atoms with Gasteiger partial charge in [0, 0.05) is 31.3 Å². The van der Waals surface area contributed by atoms with E-state index in [0.29, 0.717) is 25.3 Å². The summed E-state index contributed by atoms with van der Waals surface area (Å²) in [5.41, 5.74) is -0.166. The molecule has 1 heterocycles. The predicted molar refractivity (Wildman–Crippen MR) is 71.9 cm³/mol. The average Bonchev–Trinajstić information content (AvgIpc) is 2.47. The second kappa shape index (κ2) is 6.57. The summed E-state index contributed by atoms with van der Waals surface area (Å²) in [7, 11) is 0. The summed E-state index contributed by atoms with van der Waals surface area (Å²) in [6, 6.07) is 3.63. The monoisotopic (exact) mass is 297 g/mol. The highest BCUT2D eigenvalue weighted by Gasteiger charge is 2.24. The van der Waals surface area contributed by atoms with Crippen molar-refractivity contribution in [1.29, 1.82) is 0 Å². The van der Waals surface area contributed by atoms with Crippen LogP contribution >= 0.6 is 0 Å². The normalized spacial score (nSPS) is 19.4. The molecule has 0 radical (unpaired) electrons. The standard InChI is InChI=1S/C12H15N3O6/c16-8-11-7-13(3-4-21-11)6-9-1-2-10(14(17)18)5-12(9)15(19)20/h1-2,5,11,16H,3-4,6-8H2. The summed E-state index contributed by atoms with van der Waals surface area (Å²) < 4.78 is 5.31. The number of nitrogens with zero attached hydrogens (tertiary/aromatic N) is 3. The highest BCUT2D eigenvalue weighted by molar-refractivity contribution is 5.49. The van der Waals surface area contributed by atoms with Gasteiger partial charge in [0.05, 0.1) is 35.2 Å². The van der Waals surface area contributed by atoms with Crippen LogP contribution in [0.5, 0.6) is 0 Å². The first kappa shape index (κ1) is 15.3. The van der Waals surface area contributed by atoms with Crippen molar-refractivity contribution in [3.05, 3.63) is 44.0 Å². The van der Waals surface area contributed by atoms with E-state index < -0.39 is 9.85 Å². The van der Waals surface area contributed by atoms with Crippen molar-refractivity contribution < 1.29 is 19.7 Å². The largest absolute Gasteiger partial charge is 0.394 e. The minimum Gasteiger partial charge on any atom is -0.394 e. The minimum atomic E-state index is -0.659. The summed E-state index contributed by atoms with van der Waals surface area (Å²) >= 11 is 0. The van der Waals surface area contributed by atoms with Gasteiger partial charge in [-0.25, -0.2) is 0 Å². The fourth-order valence-electron chi connectivity index (χ4n) is 2.24. The maximum absolute atomic E-state index is 11.1. The topological polar surface area (TPSA) is 119 Å². The van der Waals surface area contributed by atoms with E-state index in [9.17, 15) is 20.2 Å². The van der Waals surface area contributed by atoms with Crippen LogP contribution < -0.4 is 0 Å². The third kappa shape index (κ3) is 3.72. The molecule has 1 aromatic carbocycles. The van der Waals surface area contributed by atoms with E-state index in [0.717, 1.165) is 6.07 Å². The lowest BCUT2D eigenvalue weighted by molar-refractivity contribution is -0.394. The molecule has 1 aliphatic rings. The smallest absolute Gasteiger partial charge is 0.280 e. The molecule has 1 atom stereocenters. The summed E-state index contributed by atoms with van der Waals surface area (Å²) in [6.07, 6.45) is -0.309. The number of nitro benzene ring substituents is 2. The quantitative estimate of drug-likeness (QED) is 0.627. The van der Waals surface area contributed by atoms with Crippen molar-refractivity contribution in [2.45, 2.75) is 12.6 Å². The Morgan fingerprint density at radius 3 is 2.71 bits per heavy atom. The summed E-state index contributed by atoms with van der Waals surface area (Å²) in [5, 5.41) is 30.8. The van der Waals surface area contributed by atoms with Crippen LogP contribution in [0.15, 0.2) is 18.2 Å². The number of nitro groups is 2. The Morgan fingerprint density at radius 2 is 2.10 bits per heavy atom. The lowest BCUT2D eigenvalue weighted by atomic mass is 10.1. The molecule has 9 heteroatoms. The number of aliphatic hydroxyl groups excluding tert-OH is 1. The van der Waals surface area contributed by atoms with Gasteiger partial charge < -0.3 is 9.84 Å². The van der Waals surface area contributed by atoms with Crippen molar-refractivity contribution >= 4 is 11.4 Å². The fourth-order valence-corrected chi connectivity index (χ4v) is 2.24. The molecule has 0 saturated carbocycles. The van der Waals surface area contributed by atoms with Crippen LogP contribution in [0.4, 0.5) is 11.4 Å². The molecule has 1 aliphatic heterocycles. The number of non-ortho nitro benzene ring substituents is 1. The summed E-state index contributed by atoms with van der Waals surface area (Å²) in [4.78, 5) is 22.4. The van der Waals surface area contributed by atoms with E-state index in [1.807, 2.05) is 4.90 Å². The van der Waals surface area contributed by atoms with Gasteiger partial charge in [0.1, 0.15) is 0 Å². The van der Waals surface area contributed by atoms with Crippen LogP contribution in [-0.2, 0) is 11.3 Å². The van der Waals surface area contributed by atoms with Gasteiger partial charge in [-0.05, 0) is 6.07 Å². The van der Waals surface area contributed by atoms with Crippen LogP contribution in [0.25, 0.3) is 0 Å². The zero-order valence-corrected chi connectivity index (χ0v) is 11.2. The zero-order valence-electron chi connectivity index (χ0n) is 11.2. The molecular formula is C12H15N3O6. The van der Waals surface area contributed by atoms with Crippen LogP contribution in [0.1, 0.15) is 5.56 Å². The van der Waals surface area contributed by atoms with E-state index in [1.54, 1.807) is 0 Å². The van der Waals surface area contributed by atoms with Crippen molar-refractivity contribution in [2.75, 3.05) is 26.3 Å². The third-order valence-corrected chi connectivity index (χ3v) is 3.30. The van der Waals surface area contributed by atoms with Gasteiger partial charge in [0.2, 0.25) is 0 Å². The van der Waals surface area contributed by atoms with Crippen molar-refractivity contribution in [3.63, 3.8) is 0 Å². The molecule has 9 nitrogen and oxygen atoms in total. The first-order valence-corrected chi connectivity index (χ1v) is 6.37. The average molecular weight is 297 g/mol. The van der Waals surface area contributed by atoms with E-state index >= 15 is 0 Å². The number of ether oxygens (including phenoxy) is 1. The zero-order chi connectivity index (χ0) is 15.4. The first-order chi connectivity index (χ1) is 10.0. The van der Waals surface area contributed by atoms with Gasteiger partial charge in [-0.2, -0.15) is 0 Å². The highest BCUT2D eigenvalue weighted by Crippen LogP contribution is 2.26. The Bertz CT molecular complexity index is 550. The van der Waals surface area contributed by atoms with Crippen molar-refractivity contribution in [1.82, 2.24) is 4.90 Å². The van der Waals surface area contributed by atoms with Crippen molar-refractivity contribution in [2.24, 2.45) is 0 Å². The van der Waals surface area contributed by atoms with E-state index in [4.69, 9.17) is 9.84 Å². The third-order valence-electron chi connectivity index (χ3n) is 3.30. The molecule has 0 aromatic heterocycles. The predicted octanol–water partition coefficient (Wildman–Crippen LogP) is 0.696. The van der Waals surface area contributed by atoms with Gasteiger partial charge in [-0.1, -0.05) is 0 Å². The number of hydrogen-bond donors (Lipinski definition) is 1. The molecule has 1 saturated heterocycles. The van der Waals surface area contributed by atoms with Gasteiger partial charge in [0.15, 0.2) is 0 Å². The Hall–Kier alpha value is -2.10. The number of rotatable bonds is 5. The van der Waals surface area contributed by atoms with Gasteiger partial charge in [-0.15, -0.1) is 0 Å². The van der Waals surface area contributed by atoms with Crippen LogP contribution in [0, 0.1) is 20.2 Å². The van der Waals surface area contributed by atoms with E-state index in [-0.39, 0.29) is 30.6 Å². The number of aliphatic hydroxyl groups is 1. The molecule has 0 amide bonds. The summed E-state index contributed by atoms with van der Waals surface area (Å²) in [5.74, 6) is 0. The maximum atomic E-state index is 11.1. The fraction of sp³-hybridized carbons (Fsp3) is 0.500. The molecule has 1 fully saturated rings. The Labute approximate surface area is 120 Å². The van der Waals surface area contributed by atoms with E-state index in [1.165, 1.54) is 12.1 Å². The van der Waals surface area contributed by atoms with Gasteiger partial charge in [0.25, 0.3) is 11.4 Å². The Kier molecular flexibility index (Phi) is 4.78. The SMILES string of the molecule is O=[N+]([O-])c1ccc(CN2CCOC(CO)C2)c([N+](=O)[O-])c1. The van der Waals surface area contributed by atoms with Crippen LogP contribution in [0.3, 0.4) is 0 Å². The Balaban J connectivity index is 2.19. The number of morpholine rings is 1. The molecule has 2 rings (SSSR count). The molecule has 114 valence electrons. The van der Waals surface area contributed by atoms with Crippen LogP contribution in [-0.4, -0.2) is 52.3 Å². The van der Waals surface area contributed by atoms with Crippen LogP contribution in [0.2, 0.25) is 0 Å². The molecule has 1 unspecified atom stereocenters. The molecular weight excluding hydrogens is 282 g/mol. The maximum Gasteiger partial charge on any atom is 0.280 e. The molecule has 1 N–H and O–H groups in total. The van der Waals surface area contributed by atoms with Gasteiger partial charge in [-0.3, -0.25) is 25.1 Å². The number of benzene rings is 1. The first-order valence-electron chi connectivity index (χ1n) is 6.37. The lowest BCUT2D eigenvalue weighted by Crippen LogP contribution is -2.43. The van der Waals surface area contributed by atoms with Gasteiger partial charge >= 0.3 is 0 Å². The lowest BCUT2D eigenvalue weighted by Gasteiger charge is -2.31. The number of hydrogen-bond acceptors (Lipinski definition) is 7. The molecule has 0 spiro atoms. The Morgan fingerprint density at radius 1 is 1.33 bits per heavy atom. The molecule has 0 aliphatic carbocycles. The summed E-state index contributed by atoms with van der Waals surface area (Å²) in [6.45, 7) is 1.66. The second-order valence-corrected chi connectivity index (χ2v) is 4.74. The second-order valence-electron chi connectivity index (χ2n) is 4.74. The molecule has 0 bridgehead atoms. The van der Waals surface area contributed by atoms with E-state index in [2.05, 4.69) is 0 Å². The highest BCUT2D eigenvalue weighted by atomic mass is 16.6. The minimum absolute atomic E-state index is 0.112.